The summed E-state index contributed by atoms with van der Waals surface area (Å²) in [6, 6.07) is 1.95. The number of ether oxygens (including phenoxy) is 1. The Morgan fingerprint density at radius 3 is 2.40 bits per heavy atom. The summed E-state index contributed by atoms with van der Waals surface area (Å²) in [4.78, 5) is 8.00. The number of sulfonamides is 1. The smallest absolute Gasteiger partial charge is 0.251 e. The Hall–Kier alpha value is -1.72. The molecular weight excluding hydrogens is 340 g/mol. The first-order valence-electron chi connectivity index (χ1n) is 8.97. The van der Waals surface area contributed by atoms with Crippen LogP contribution >= 0.6 is 0 Å². The van der Waals surface area contributed by atoms with Crippen LogP contribution in [0.25, 0.3) is 0 Å². The van der Waals surface area contributed by atoms with Crippen molar-refractivity contribution in [2.75, 3.05) is 0 Å². The third-order valence-electron chi connectivity index (χ3n) is 5.05. The molecule has 2 aliphatic rings. The van der Waals surface area contributed by atoms with Crippen LogP contribution in [0.15, 0.2) is 12.4 Å². The van der Waals surface area contributed by atoms with E-state index in [1.807, 2.05) is 6.07 Å². The first-order chi connectivity index (χ1) is 12.1. The number of hydrogen-bond acceptors (Lipinski definition) is 6. The fourth-order valence-electron chi connectivity index (χ4n) is 3.65. The van der Waals surface area contributed by atoms with Crippen molar-refractivity contribution in [3.63, 3.8) is 0 Å². The number of aromatic nitrogens is 2. The maximum atomic E-state index is 12.5. The third kappa shape index (κ3) is 4.67. The molecule has 136 valence electrons. The quantitative estimate of drug-likeness (QED) is 0.859. The Morgan fingerprint density at radius 2 is 1.72 bits per heavy atom. The van der Waals surface area contributed by atoms with Crippen LogP contribution in [0, 0.1) is 11.3 Å². The summed E-state index contributed by atoms with van der Waals surface area (Å²) in [6.07, 6.45) is 10.5. The fraction of sp³-hybridized carbons (Fsp3) is 0.706. The Morgan fingerprint density at radius 1 is 1.04 bits per heavy atom. The molecule has 25 heavy (non-hydrogen) atoms. The van der Waals surface area contributed by atoms with Crippen molar-refractivity contribution in [2.45, 2.75) is 75.2 Å². The highest BCUT2D eigenvalue weighted by Crippen LogP contribution is 2.27. The van der Waals surface area contributed by atoms with Crippen LogP contribution in [0.3, 0.4) is 0 Å². The van der Waals surface area contributed by atoms with Gasteiger partial charge in [-0.2, -0.15) is 5.26 Å². The van der Waals surface area contributed by atoms with Crippen molar-refractivity contribution in [1.29, 1.82) is 5.26 Å². The average Bonchev–Trinajstić information content (AvgIpc) is 2.64. The normalized spacial score (nSPS) is 25.2. The van der Waals surface area contributed by atoms with Crippen molar-refractivity contribution >= 4 is 10.0 Å². The lowest BCUT2D eigenvalue weighted by Crippen LogP contribution is -2.44. The lowest BCUT2D eigenvalue weighted by Gasteiger charge is -2.31. The highest BCUT2D eigenvalue weighted by atomic mass is 32.2. The van der Waals surface area contributed by atoms with Crippen molar-refractivity contribution in [3.8, 4) is 11.9 Å². The number of nitriles is 1. The minimum Gasteiger partial charge on any atom is -0.472 e. The molecule has 2 saturated carbocycles. The zero-order valence-corrected chi connectivity index (χ0v) is 15.0. The summed E-state index contributed by atoms with van der Waals surface area (Å²) in [5, 5.41) is 8.80. The second-order valence-electron chi connectivity index (χ2n) is 6.84. The molecule has 0 aromatic carbocycles. The molecular formula is C17H24N4O3S. The van der Waals surface area contributed by atoms with Crippen molar-refractivity contribution < 1.29 is 13.2 Å². The van der Waals surface area contributed by atoms with E-state index in [4.69, 9.17) is 10.00 Å². The van der Waals surface area contributed by atoms with Crippen LogP contribution in [0.4, 0.5) is 0 Å². The van der Waals surface area contributed by atoms with Crippen molar-refractivity contribution in [3.05, 3.63) is 18.1 Å². The van der Waals surface area contributed by atoms with Crippen LogP contribution in [-0.4, -0.2) is 35.8 Å². The third-order valence-corrected chi connectivity index (χ3v) is 7.06. The van der Waals surface area contributed by atoms with Crippen LogP contribution in [0.2, 0.25) is 0 Å². The predicted octanol–water partition coefficient (Wildman–Crippen LogP) is 2.29. The summed E-state index contributed by atoms with van der Waals surface area (Å²) < 4.78 is 33.7. The Kier molecular flexibility index (Phi) is 5.86. The molecule has 2 aliphatic carbocycles. The molecule has 1 aromatic rings. The van der Waals surface area contributed by atoms with E-state index in [0.29, 0.717) is 0 Å². The van der Waals surface area contributed by atoms with E-state index in [1.54, 1.807) is 0 Å². The van der Waals surface area contributed by atoms with Gasteiger partial charge in [0.1, 0.15) is 12.2 Å². The maximum absolute atomic E-state index is 12.5. The zero-order valence-electron chi connectivity index (χ0n) is 14.2. The lowest BCUT2D eigenvalue weighted by atomic mass is 9.94. The number of nitrogens with zero attached hydrogens (tertiary/aromatic N) is 3. The summed E-state index contributed by atoms with van der Waals surface area (Å²) in [6.45, 7) is 0. The van der Waals surface area contributed by atoms with E-state index in [1.165, 1.54) is 12.4 Å². The second-order valence-corrected chi connectivity index (χ2v) is 8.83. The molecule has 0 spiro atoms. The molecule has 0 radical (unpaired) electrons. The first kappa shape index (κ1) is 18.1. The summed E-state index contributed by atoms with van der Waals surface area (Å²) in [5.74, 6) is 0.260. The van der Waals surface area contributed by atoms with E-state index >= 15 is 0 Å². The Bertz CT molecular complexity index is 718. The highest BCUT2D eigenvalue weighted by Gasteiger charge is 2.31. The van der Waals surface area contributed by atoms with E-state index in [0.717, 1.165) is 57.8 Å². The van der Waals surface area contributed by atoms with Gasteiger partial charge in [0, 0.05) is 18.4 Å². The molecule has 2 fully saturated rings. The highest BCUT2D eigenvalue weighted by molar-refractivity contribution is 7.90. The lowest BCUT2D eigenvalue weighted by molar-refractivity contribution is 0.137. The van der Waals surface area contributed by atoms with Gasteiger partial charge in [0.2, 0.25) is 15.7 Å². The van der Waals surface area contributed by atoms with Gasteiger partial charge in [-0.25, -0.2) is 23.1 Å². The van der Waals surface area contributed by atoms with Crippen LogP contribution in [0.5, 0.6) is 5.88 Å². The minimum absolute atomic E-state index is 0.0240. The molecule has 1 aromatic heterocycles. The molecule has 0 aliphatic heterocycles. The summed E-state index contributed by atoms with van der Waals surface area (Å²) >= 11 is 0. The average molecular weight is 364 g/mol. The van der Waals surface area contributed by atoms with E-state index in [9.17, 15) is 8.42 Å². The molecule has 0 saturated heterocycles. The molecule has 3 rings (SSSR count). The number of rotatable bonds is 5. The van der Waals surface area contributed by atoms with Gasteiger partial charge in [-0.15, -0.1) is 0 Å². The van der Waals surface area contributed by atoms with Gasteiger partial charge in [-0.05, 0) is 38.5 Å². The van der Waals surface area contributed by atoms with Gasteiger partial charge < -0.3 is 4.74 Å². The SMILES string of the molecule is N#Cc1nccnc1OC1CCC(NS(=O)(=O)C2CCCCC2)CC1. The van der Waals surface area contributed by atoms with E-state index in [-0.39, 0.29) is 29.0 Å². The van der Waals surface area contributed by atoms with Gasteiger partial charge in [-0.3, -0.25) is 0 Å². The van der Waals surface area contributed by atoms with Crippen molar-refractivity contribution in [1.82, 2.24) is 14.7 Å². The standard InChI is InChI=1S/C17H24N4O3S/c18-12-16-17(20-11-10-19-16)24-14-8-6-13(7-9-14)21-25(22,23)15-4-2-1-3-5-15/h10-11,13-15,21H,1-9H2. The van der Waals surface area contributed by atoms with Crippen LogP contribution in [-0.2, 0) is 10.0 Å². The van der Waals surface area contributed by atoms with E-state index in [2.05, 4.69) is 14.7 Å². The van der Waals surface area contributed by atoms with Crippen molar-refractivity contribution in [2.24, 2.45) is 0 Å². The van der Waals surface area contributed by atoms with Gasteiger partial charge in [0.15, 0.2) is 0 Å². The van der Waals surface area contributed by atoms with Gasteiger partial charge in [0.05, 0.1) is 5.25 Å². The van der Waals surface area contributed by atoms with Crippen LogP contribution in [0.1, 0.15) is 63.5 Å². The molecule has 1 N–H and O–H groups in total. The predicted molar refractivity (Wildman–Crippen MR) is 92.3 cm³/mol. The Balaban J connectivity index is 1.51. The monoisotopic (exact) mass is 364 g/mol. The first-order valence-corrected chi connectivity index (χ1v) is 10.5. The molecule has 1 heterocycles. The zero-order chi connectivity index (χ0) is 17.7. The number of nitrogens with one attached hydrogen (secondary N) is 1. The summed E-state index contributed by atoms with van der Waals surface area (Å²) in [5.41, 5.74) is 0.183. The molecule has 0 amide bonds. The van der Waals surface area contributed by atoms with E-state index < -0.39 is 10.0 Å². The minimum atomic E-state index is -3.23. The molecule has 7 nitrogen and oxygen atoms in total. The Labute approximate surface area is 148 Å². The van der Waals surface area contributed by atoms with Gasteiger partial charge >= 0.3 is 0 Å². The van der Waals surface area contributed by atoms with Crippen LogP contribution < -0.4 is 9.46 Å². The fourth-order valence-corrected chi connectivity index (χ4v) is 5.50. The molecule has 0 unspecified atom stereocenters. The molecule has 8 heteroatoms. The topological polar surface area (TPSA) is 105 Å². The second kappa shape index (κ2) is 8.11. The molecule has 0 bridgehead atoms. The van der Waals surface area contributed by atoms with Gasteiger partial charge in [0.25, 0.3) is 5.88 Å². The largest absolute Gasteiger partial charge is 0.472 e. The number of hydrogen-bond donors (Lipinski definition) is 1. The summed E-state index contributed by atoms with van der Waals surface area (Å²) in [7, 11) is -3.23. The molecule has 0 atom stereocenters. The maximum Gasteiger partial charge on any atom is 0.251 e. The van der Waals surface area contributed by atoms with Gasteiger partial charge in [-0.1, -0.05) is 19.3 Å².